The van der Waals surface area contributed by atoms with Crippen LogP contribution >= 0.6 is 11.8 Å². The van der Waals surface area contributed by atoms with Gasteiger partial charge in [-0.1, -0.05) is 38.1 Å². The highest BCUT2D eigenvalue weighted by Crippen LogP contribution is 2.42. The molecule has 0 aromatic heterocycles. The smallest absolute Gasteiger partial charge is 0.238 e. The van der Waals surface area contributed by atoms with Crippen molar-refractivity contribution in [2.75, 3.05) is 16.0 Å². The van der Waals surface area contributed by atoms with Crippen LogP contribution in [0.1, 0.15) is 49.1 Å². The maximum absolute atomic E-state index is 12.6. The fourth-order valence-electron chi connectivity index (χ4n) is 3.33. The Labute approximate surface area is 164 Å². The lowest BCUT2D eigenvalue weighted by Gasteiger charge is -2.25. The maximum atomic E-state index is 12.6. The Morgan fingerprint density at radius 3 is 2.56 bits per heavy atom. The highest BCUT2D eigenvalue weighted by Gasteiger charge is 2.34. The van der Waals surface area contributed by atoms with Crippen LogP contribution in [0.15, 0.2) is 48.5 Å². The van der Waals surface area contributed by atoms with E-state index >= 15 is 0 Å². The van der Waals surface area contributed by atoms with Crippen LogP contribution in [-0.2, 0) is 9.59 Å². The molecule has 140 valence electrons. The Bertz CT molecular complexity index is 859. The van der Waals surface area contributed by atoms with Crippen LogP contribution in [0.5, 0.6) is 0 Å². The second kappa shape index (κ2) is 7.39. The Hall–Kier alpha value is -2.27. The van der Waals surface area contributed by atoms with Crippen molar-refractivity contribution < 1.29 is 9.59 Å². The number of nitrogens with one attached hydrogen (secondary N) is 1. The number of amides is 2. The van der Waals surface area contributed by atoms with Crippen molar-refractivity contribution in [2.24, 2.45) is 5.92 Å². The number of carbonyl (C=O) groups is 2. The summed E-state index contributed by atoms with van der Waals surface area (Å²) in [5.41, 5.74) is 4.03. The molecule has 1 N–H and O–H groups in total. The molecule has 1 aliphatic heterocycles. The summed E-state index contributed by atoms with van der Waals surface area (Å²) in [7, 11) is 0. The van der Waals surface area contributed by atoms with Crippen molar-refractivity contribution in [3.8, 4) is 0 Å². The number of nitrogens with zero attached hydrogens (tertiary/aromatic N) is 1. The van der Waals surface area contributed by atoms with Gasteiger partial charge in [0, 0.05) is 17.3 Å². The lowest BCUT2D eigenvalue weighted by Crippen LogP contribution is -2.27. The van der Waals surface area contributed by atoms with Gasteiger partial charge in [-0.15, -0.1) is 11.8 Å². The molecule has 0 unspecified atom stereocenters. The summed E-state index contributed by atoms with van der Waals surface area (Å²) in [5, 5.41) is 2.93. The molecule has 2 aromatic rings. The summed E-state index contributed by atoms with van der Waals surface area (Å²) in [6.45, 7) is 4.33. The monoisotopic (exact) mass is 380 g/mol. The zero-order chi connectivity index (χ0) is 19.0. The minimum Gasteiger partial charge on any atom is -0.326 e. The summed E-state index contributed by atoms with van der Waals surface area (Å²) in [6, 6.07) is 16.1. The highest BCUT2D eigenvalue weighted by atomic mass is 32.2. The third kappa shape index (κ3) is 3.88. The van der Waals surface area contributed by atoms with Gasteiger partial charge >= 0.3 is 0 Å². The summed E-state index contributed by atoms with van der Waals surface area (Å²) in [5.74, 6) is 1.32. The summed E-state index contributed by atoms with van der Waals surface area (Å²) >= 11 is 1.63. The van der Waals surface area contributed by atoms with Crippen molar-refractivity contribution >= 4 is 35.0 Å². The van der Waals surface area contributed by atoms with E-state index < -0.39 is 0 Å². The van der Waals surface area contributed by atoms with Crippen molar-refractivity contribution in [2.45, 2.75) is 38.0 Å². The van der Waals surface area contributed by atoms with E-state index in [2.05, 4.69) is 31.3 Å². The van der Waals surface area contributed by atoms with E-state index in [4.69, 9.17) is 0 Å². The molecule has 27 heavy (non-hydrogen) atoms. The van der Waals surface area contributed by atoms with E-state index in [0.717, 1.165) is 29.8 Å². The molecule has 2 aliphatic rings. The quantitative estimate of drug-likeness (QED) is 0.799. The van der Waals surface area contributed by atoms with E-state index in [1.165, 1.54) is 5.56 Å². The molecular weight excluding hydrogens is 356 g/mol. The largest absolute Gasteiger partial charge is 0.326 e. The first-order chi connectivity index (χ1) is 13.0. The molecule has 1 atom stereocenters. The summed E-state index contributed by atoms with van der Waals surface area (Å²) in [4.78, 5) is 26.5. The number of thioether (sulfide) groups is 1. The minimum absolute atomic E-state index is 0.0693. The molecule has 0 spiro atoms. The van der Waals surface area contributed by atoms with E-state index in [-0.39, 0.29) is 23.1 Å². The van der Waals surface area contributed by atoms with E-state index in [9.17, 15) is 9.59 Å². The zero-order valence-electron chi connectivity index (χ0n) is 15.6. The number of rotatable bonds is 5. The van der Waals surface area contributed by atoms with Crippen LogP contribution in [-0.4, -0.2) is 17.6 Å². The molecule has 2 aromatic carbocycles. The number of benzene rings is 2. The predicted molar refractivity (Wildman–Crippen MR) is 111 cm³/mol. The Morgan fingerprint density at radius 2 is 1.89 bits per heavy atom. The first kappa shape index (κ1) is 18.1. The van der Waals surface area contributed by atoms with Gasteiger partial charge in [0.2, 0.25) is 11.8 Å². The molecule has 1 heterocycles. The van der Waals surface area contributed by atoms with Crippen molar-refractivity contribution in [3.63, 3.8) is 0 Å². The van der Waals surface area contributed by atoms with Gasteiger partial charge in [-0.05, 0) is 54.2 Å². The number of hydrogen-bond donors (Lipinski definition) is 1. The third-order valence-electron chi connectivity index (χ3n) is 5.09. The normalized spacial score (nSPS) is 19.6. The topological polar surface area (TPSA) is 49.4 Å². The lowest BCUT2D eigenvalue weighted by atomic mass is 10.0. The zero-order valence-corrected chi connectivity index (χ0v) is 16.5. The van der Waals surface area contributed by atoms with Crippen molar-refractivity contribution in [3.05, 3.63) is 59.7 Å². The molecule has 0 radical (unpaired) electrons. The summed E-state index contributed by atoms with van der Waals surface area (Å²) in [6.07, 6.45) is 1.97. The second-order valence-electron chi connectivity index (χ2n) is 7.56. The fourth-order valence-corrected chi connectivity index (χ4v) is 4.50. The molecule has 4 nitrogen and oxygen atoms in total. The van der Waals surface area contributed by atoms with Gasteiger partial charge in [0.1, 0.15) is 5.37 Å². The molecule has 1 saturated carbocycles. The Balaban J connectivity index is 1.58. The summed E-state index contributed by atoms with van der Waals surface area (Å²) < 4.78 is 0. The molecule has 4 rings (SSSR count). The predicted octanol–water partition coefficient (Wildman–Crippen LogP) is 4.94. The molecule has 1 saturated heterocycles. The van der Waals surface area contributed by atoms with Gasteiger partial charge in [0.15, 0.2) is 0 Å². The first-order valence-electron chi connectivity index (χ1n) is 9.47. The molecule has 5 heteroatoms. The fraction of sp³-hybridized carbons (Fsp3) is 0.364. The van der Waals surface area contributed by atoms with Crippen LogP contribution < -0.4 is 10.2 Å². The van der Waals surface area contributed by atoms with Crippen LogP contribution in [0.25, 0.3) is 0 Å². The van der Waals surface area contributed by atoms with Crippen molar-refractivity contribution in [1.29, 1.82) is 0 Å². The molecule has 2 amide bonds. The van der Waals surface area contributed by atoms with Crippen LogP contribution in [0.4, 0.5) is 11.4 Å². The standard InChI is InChI=1S/C22H24N2O2S/c1-14(2)15-8-10-19(11-9-15)24-20(25)13-27-22(24)17-4-3-5-18(12-17)23-21(26)16-6-7-16/h3-5,8-12,14,16,22H,6-7,13H2,1-2H3,(H,23,26)/t22-/m0/s1. The van der Waals surface area contributed by atoms with Gasteiger partial charge in [-0.2, -0.15) is 0 Å². The number of carbonyl (C=O) groups excluding carboxylic acids is 2. The molecule has 0 bridgehead atoms. The van der Waals surface area contributed by atoms with E-state index in [1.807, 2.05) is 41.3 Å². The Kier molecular flexibility index (Phi) is 4.96. The second-order valence-corrected chi connectivity index (χ2v) is 8.63. The van der Waals surface area contributed by atoms with Gasteiger partial charge in [-0.25, -0.2) is 0 Å². The average molecular weight is 381 g/mol. The van der Waals surface area contributed by atoms with E-state index in [0.29, 0.717) is 11.7 Å². The van der Waals surface area contributed by atoms with Crippen LogP contribution in [0, 0.1) is 5.92 Å². The lowest BCUT2D eigenvalue weighted by molar-refractivity contribution is -0.117. The van der Waals surface area contributed by atoms with Crippen LogP contribution in [0.2, 0.25) is 0 Å². The number of hydrogen-bond acceptors (Lipinski definition) is 3. The molecule has 2 fully saturated rings. The van der Waals surface area contributed by atoms with Gasteiger partial charge < -0.3 is 5.32 Å². The van der Waals surface area contributed by atoms with Crippen LogP contribution in [0.3, 0.4) is 0 Å². The molecular formula is C22H24N2O2S. The number of anilines is 2. The highest BCUT2D eigenvalue weighted by molar-refractivity contribution is 8.00. The van der Waals surface area contributed by atoms with Gasteiger partial charge in [0.25, 0.3) is 0 Å². The van der Waals surface area contributed by atoms with E-state index in [1.54, 1.807) is 11.8 Å². The maximum Gasteiger partial charge on any atom is 0.238 e. The molecule has 1 aliphatic carbocycles. The van der Waals surface area contributed by atoms with Crippen molar-refractivity contribution in [1.82, 2.24) is 0 Å². The third-order valence-corrected chi connectivity index (χ3v) is 6.31. The minimum atomic E-state index is -0.0693. The first-order valence-corrected chi connectivity index (χ1v) is 10.5. The SMILES string of the molecule is CC(C)c1ccc(N2C(=O)CS[C@H]2c2cccc(NC(=O)C3CC3)c2)cc1. The average Bonchev–Trinajstić information content (AvgIpc) is 3.44. The van der Waals surface area contributed by atoms with Gasteiger partial charge in [-0.3, -0.25) is 14.5 Å². The van der Waals surface area contributed by atoms with Gasteiger partial charge in [0.05, 0.1) is 5.75 Å². The Morgan fingerprint density at radius 1 is 1.15 bits per heavy atom.